The number of aromatic nitrogens is 5. The minimum Gasteiger partial charge on any atom is -0.373 e. The van der Waals surface area contributed by atoms with E-state index in [0.29, 0.717) is 35.7 Å². The third-order valence-electron chi connectivity index (χ3n) is 5.28. The summed E-state index contributed by atoms with van der Waals surface area (Å²) in [6.07, 6.45) is 6.29. The van der Waals surface area contributed by atoms with E-state index in [0.717, 1.165) is 10.8 Å². The first-order valence-corrected chi connectivity index (χ1v) is 8.82. The van der Waals surface area contributed by atoms with Crippen molar-refractivity contribution in [1.82, 2.24) is 24.6 Å². The van der Waals surface area contributed by atoms with Crippen LogP contribution < -0.4 is 11.1 Å². The SMILES string of the molecule is CNc1ncc(-c2nc3c(F)cccn3n2)c2cc(C3(C(N)=O)CC3)ncc12. The maximum absolute atomic E-state index is 14.1. The Hall–Kier alpha value is -3.62. The molecule has 0 unspecified atom stereocenters. The van der Waals surface area contributed by atoms with Crippen molar-refractivity contribution >= 4 is 28.1 Å². The molecule has 28 heavy (non-hydrogen) atoms. The molecule has 1 amide bonds. The van der Waals surface area contributed by atoms with Crippen molar-refractivity contribution in [1.29, 1.82) is 0 Å². The summed E-state index contributed by atoms with van der Waals surface area (Å²) in [4.78, 5) is 25.2. The molecule has 5 rings (SSSR count). The Bertz CT molecular complexity index is 1260. The van der Waals surface area contributed by atoms with Gasteiger partial charge in [0.25, 0.3) is 0 Å². The van der Waals surface area contributed by atoms with Gasteiger partial charge in [0.2, 0.25) is 5.91 Å². The second-order valence-corrected chi connectivity index (χ2v) is 6.89. The average molecular weight is 377 g/mol. The van der Waals surface area contributed by atoms with Crippen molar-refractivity contribution in [2.45, 2.75) is 18.3 Å². The second kappa shape index (κ2) is 5.69. The fraction of sp³-hybridized carbons (Fsp3) is 0.211. The number of halogens is 1. The van der Waals surface area contributed by atoms with E-state index in [2.05, 4.69) is 25.4 Å². The molecule has 1 aliphatic rings. The van der Waals surface area contributed by atoms with Crippen LogP contribution in [0.3, 0.4) is 0 Å². The minimum absolute atomic E-state index is 0.133. The summed E-state index contributed by atoms with van der Waals surface area (Å²) >= 11 is 0. The van der Waals surface area contributed by atoms with Crippen molar-refractivity contribution in [3.8, 4) is 11.4 Å². The minimum atomic E-state index is -0.715. The number of nitrogens with zero attached hydrogens (tertiary/aromatic N) is 5. The van der Waals surface area contributed by atoms with Crippen molar-refractivity contribution in [2.24, 2.45) is 5.73 Å². The zero-order chi connectivity index (χ0) is 19.5. The van der Waals surface area contributed by atoms with Crippen LogP contribution in [-0.2, 0) is 10.2 Å². The summed E-state index contributed by atoms with van der Waals surface area (Å²) in [5.41, 5.74) is 6.27. The number of hydrogen-bond donors (Lipinski definition) is 2. The molecule has 0 aliphatic heterocycles. The third-order valence-corrected chi connectivity index (χ3v) is 5.28. The summed E-state index contributed by atoms with van der Waals surface area (Å²) in [6, 6.07) is 4.74. The molecule has 8 nitrogen and oxygen atoms in total. The van der Waals surface area contributed by atoms with Gasteiger partial charge in [0.15, 0.2) is 17.3 Å². The summed E-state index contributed by atoms with van der Waals surface area (Å²) in [5.74, 6) is 0.137. The standard InChI is InChI=1S/C19H16FN7O/c1-22-15-11-8-23-14(19(4-5-19)18(21)28)7-10(11)12(9-24-15)16-25-17-13(20)3-2-6-27(17)26-16/h2-3,6-9H,4-5H2,1H3,(H2,21,28)(H,22,24). The van der Waals surface area contributed by atoms with Crippen LogP contribution >= 0.6 is 0 Å². The highest BCUT2D eigenvalue weighted by Crippen LogP contribution is 2.48. The monoisotopic (exact) mass is 377 g/mol. The molecule has 0 spiro atoms. The number of pyridine rings is 3. The fourth-order valence-electron chi connectivity index (χ4n) is 3.52. The maximum Gasteiger partial charge on any atom is 0.229 e. The zero-order valence-electron chi connectivity index (χ0n) is 15.0. The molecule has 140 valence electrons. The summed E-state index contributed by atoms with van der Waals surface area (Å²) in [6.45, 7) is 0. The van der Waals surface area contributed by atoms with Crippen LogP contribution in [0.5, 0.6) is 0 Å². The molecular weight excluding hydrogens is 361 g/mol. The molecule has 0 bridgehead atoms. The van der Waals surface area contributed by atoms with Gasteiger partial charge in [-0.1, -0.05) is 0 Å². The Labute approximate surface area is 158 Å². The number of nitrogens with two attached hydrogens (primary N) is 1. The average Bonchev–Trinajstić information content (AvgIpc) is 3.40. The van der Waals surface area contributed by atoms with Gasteiger partial charge in [-0.25, -0.2) is 18.9 Å². The lowest BCUT2D eigenvalue weighted by molar-refractivity contribution is -0.120. The predicted molar refractivity (Wildman–Crippen MR) is 101 cm³/mol. The molecule has 4 aromatic rings. The van der Waals surface area contributed by atoms with Gasteiger partial charge in [0.1, 0.15) is 5.82 Å². The molecule has 4 aromatic heterocycles. The summed E-state index contributed by atoms with van der Waals surface area (Å²) in [7, 11) is 1.76. The number of nitrogens with one attached hydrogen (secondary N) is 1. The van der Waals surface area contributed by atoms with E-state index in [4.69, 9.17) is 5.73 Å². The van der Waals surface area contributed by atoms with Crippen LogP contribution in [0.1, 0.15) is 18.5 Å². The predicted octanol–water partition coefficient (Wildman–Crippen LogP) is 2.04. The van der Waals surface area contributed by atoms with Crippen molar-refractivity contribution < 1.29 is 9.18 Å². The maximum atomic E-state index is 14.1. The lowest BCUT2D eigenvalue weighted by Gasteiger charge is -2.13. The van der Waals surface area contributed by atoms with Gasteiger partial charge >= 0.3 is 0 Å². The number of hydrogen-bond acceptors (Lipinski definition) is 6. The molecule has 9 heteroatoms. The van der Waals surface area contributed by atoms with E-state index in [1.807, 2.05) is 6.07 Å². The van der Waals surface area contributed by atoms with Gasteiger partial charge in [0.05, 0.1) is 11.1 Å². The fourth-order valence-corrected chi connectivity index (χ4v) is 3.52. The summed E-state index contributed by atoms with van der Waals surface area (Å²) in [5, 5.41) is 8.94. The Morgan fingerprint density at radius 2 is 2.11 bits per heavy atom. The lowest BCUT2D eigenvalue weighted by Crippen LogP contribution is -2.29. The zero-order valence-corrected chi connectivity index (χ0v) is 15.0. The second-order valence-electron chi connectivity index (χ2n) is 6.89. The van der Waals surface area contributed by atoms with Crippen molar-refractivity contribution in [2.75, 3.05) is 12.4 Å². The lowest BCUT2D eigenvalue weighted by atomic mass is 9.97. The van der Waals surface area contributed by atoms with Crippen molar-refractivity contribution in [3.63, 3.8) is 0 Å². The van der Waals surface area contributed by atoms with Crippen LogP contribution in [0.15, 0.2) is 36.8 Å². The highest BCUT2D eigenvalue weighted by molar-refractivity contribution is 6.01. The molecule has 0 atom stereocenters. The number of carbonyl (C=O) groups excluding carboxylic acids is 1. The molecule has 1 aliphatic carbocycles. The first kappa shape index (κ1) is 16.5. The Morgan fingerprint density at radius 1 is 1.29 bits per heavy atom. The topological polar surface area (TPSA) is 111 Å². The normalized spacial score (nSPS) is 15.1. The Balaban J connectivity index is 1.78. The number of primary amides is 1. The highest BCUT2D eigenvalue weighted by atomic mass is 19.1. The first-order chi connectivity index (χ1) is 13.5. The Morgan fingerprint density at radius 3 is 2.79 bits per heavy atom. The van der Waals surface area contributed by atoms with Crippen LogP contribution in [0.25, 0.3) is 27.8 Å². The van der Waals surface area contributed by atoms with Crippen molar-refractivity contribution in [3.05, 3.63) is 48.3 Å². The van der Waals surface area contributed by atoms with Gasteiger partial charge < -0.3 is 11.1 Å². The summed E-state index contributed by atoms with van der Waals surface area (Å²) < 4.78 is 15.4. The van der Waals surface area contributed by atoms with Gasteiger partial charge in [0, 0.05) is 42.0 Å². The van der Waals surface area contributed by atoms with Crippen LogP contribution in [0.4, 0.5) is 10.2 Å². The number of rotatable bonds is 4. The molecule has 1 fully saturated rings. The first-order valence-electron chi connectivity index (χ1n) is 8.82. The number of fused-ring (bicyclic) bond motifs is 2. The quantitative estimate of drug-likeness (QED) is 0.563. The molecular formula is C19H16FN7O. The molecule has 0 aromatic carbocycles. The molecule has 4 heterocycles. The molecule has 3 N–H and O–H groups in total. The third kappa shape index (κ3) is 2.25. The van der Waals surface area contributed by atoms with Crippen LogP contribution in [-0.4, -0.2) is 37.5 Å². The number of carbonyl (C=O) groups is 1. The van der Waals surface area contributed by atoms with E-state index in [1.54, 1.807) is 31.7 Å². The van der Waals surface area contributed by atoms with E-state index in [1.165, 1.54) is 10.6 Å². The van der Waals surface area contributed by atoms with Crippen LogP contribution in [0.2, 0.25) is 0 Å². The molecule has 0 saturated heterocycles. The smallest absolute Gasteiger partial charge is 0.229 e. The number of anilines is 1. The van der Waals surface area contributed by atoms with Gasteiger partial charge in [-0.2, -0.15) is 0 Å². The van der Waals surface area contributed by atoms with E-state index in [9.17, 15) is 9.18 Å². The highest BCUT2D eigenvalue weighted by Gasteiger charge is 2.51. The van der Waals surface area contributed by atoms with E-state index in [-0.39, 0.29) is 11.6 Å². The Kier molecular flexibility index (Phi) is 3.36. The van der Waals surface area contributed by atoms with E-state index >= 15 is 0 Å². The molecule has 0 radical (unpaired) electrons. The molecule has 1 saturated carbocycles. The van der Waals surface area contributed by atoms with Gasteiger partial charge in [-0.15, -0.1) is 5.10 Å². The van der Waals surface area contributed by atoms with Gasteiger partial charge in [-0.05, 0) is 31.0 Å². The van der Waals surface area contributed by atoms with Crippen LogP contribution in [0, 0.1) is 5.82 Å². The number of amides is 1. The van der Waals surface area contributed by atoms with E-state index < -0.39 is 11.2 Å². The van der Waals surface area contributed by atoms with Gasteiger partial charge in [-0.3, -0.25) is 9.78 Å². The largest absolute Gasteiger partial charge is 0.373 e.